The summed E-state index contributed by atoms with van der Waals surface area (Å²) in [4.78, 5) is 22.6. The number of carboxylic acids is 1. The van der Waals surface area contributed by atoms with Crippen molar-refractivity contribution in [1.29, 1.82) is 0 Å². The van der Waals surface area contributed by atoms with Crippen LogP contribution in [-0.2, 0) is 16.0 Å². The van der Waals surface area contributed by atoms with Crippen molar-refractivity contribution in [3.05, 3.63) is 33.8 Å². The first kappa shape index (κ1) is 14.2. The van der Waals surface area contributed by atoms with Crippen LogP contribution >= 0.6 is 23.2 Å². The van der Waals surface area contributed by atoms with Gasteiger partial charge >= 0.3 is 5.97 Å². The highest BCUT2D eigenvalue weighted by atomic mass is 35.5. The monoisotopic (exact) mass is 301 g/mol. The van der Waals surface area contributed by atoms with Gasteiger partial charge in [-0.05, 0) is 37.0 Å². The van der Waals surface area contributed by atoms with Crippen molar-refractivity contribution >= 4 is 35.1 Å². The van der Waals surface area contributed by atoms with Gasteiger partial charge in [-0.3, -0.25) is 4.79 Å². The number of carboxylic acid groups (broad SMARTS) is 1. The van der Waals surface area contributed by atoms with Crippen LogP contribution in [0.3, 0.4) is 0 Å². The second kappa shape index (κ2) is 5.39. The van der Waals surface area contributed by atoms with E-state index in [0.29, 0.717) is 29.3 Å². The SMILES string of the molecule is O=C(CCc1ccc(Cl)c(Cl)c1)NC1(C(=O)O)CC1. The molecule has 0 aliphatic heterocycles. The molecule has 1 aromatic carbocycles. The summed E-state index contributed by atoms with van der Waals surface area (Å²) in [6.07, 6.45) is 1.73. The Morgan fingerprint density at radius 2 is 1.95 bits per heavy atom. The summed E-state index contributed by atoms with van der Waals surface area (Å²) in [6.45, 7) is 0. The molecule has 1 aliphatic rings. The van der Waals surface area contributed by atoms with Crippen molar-refractivity contribution in [3.63, 3.8) is 0 Å². The number of aryl methyl sites for hydroxylation is 1. The van der Waals surface area contributed by atoms with Crippen molar-refractivity contribution in [2.45, 2.75) is 31.2 Å². The Hall–Kier alpha value is -1.26. The van der Waals surface area contributed by atoms with E-state index in [9.17, 15) is 9.59 Å². The number of aliphatic carboxylic acids is 1. The summed E-state index contributed by atoms with van der Waals surface area (Å²) in [5.74, 6) is -1.22. The lowest BCUT2D eigenvalue weighted by atomic mass is 10.1. The van der Waals surface area contributed by atoms with Gasteiger partial charge in [-0.25, -0.2) is 4.79 Å². The van der Waals surface area contributed by atoms with Gasteiger partial charge in [-0.15, -0.1) is 0 Å². The minimum Gasteiger partial charge on any atom is -0.480 e. The number of carbonyl (C=O) groups excluding carboxylic acids is 1. The Bertz CT molecular complexity index is 527. The van der Waals surface area contributed by atoms with E-state index in [4.69, 9.17) is 28.3 Å². The highest BCUT2D eigenvalue weighted by Crippen LogP contribution is 2.35. The molecule has 4 nitrogen and oxygen atoms in total. The second-order valence-electron chi connectivity index (χ2n) is 4.68. The highest BCUT2D eigenvalue weighted by molar-refractivity contribution is 6.42. The molecule has 1 saturated carbocycles. The summed E-state index contributed by atoms with van der Waals surface area (Å²) in [5.41, 5.74) is -0.126. The number of halogens is 2. The largest absolute Gasteiger partial charge is 0.480 e. The van der Waals surface area contributed by atoms with Crippen LogP contribution in [-0.4, -0.2) is 22.5 Å². The summed E-state index contributed by atoms with van der Waals surface area (Å²) < 4.78 is 0. The van der Waals surface area contributed by atoms with E-state index in [-0.39, 0.29) is 12.3 Å². The molecule has 0 saturated heterocycles. The van der Waals surface area contributed by atoms with Gasteiger partial charge in [0.25, 0.3) is 0 Å². The minimum absolute atomic E-state index is 0.229. The van der Waals surface area contributed by atoms with E-state index in [1.807, 2.05) is 0 Å². The summed E-state index contributed by atoms with van der Waals surface area (Å²) in [6, 6.07) is 5.18. The molecule has 2 rings (SSSR count). The Balaban J connectivity index is 1.87. The van der Waals surface area contributed by atoms with Crippen LogP contribution in [0.25, 0.3) is 0 Å². The van der Waals surface area contributed by atoms with Gasteiger partial charge in [-0.1, -0.05) is 29.3 Å². The molecule has 19 heavy (non-hydrogen) atoms. The molecule has 0 aromatic heterocycles. The van der Waals surface area contributed by atoms with Crippen LogP contribution in [0, 0.1) is 0 Å². The molecule has 0 heterocycles. The zero-order chi connectivity index (χ0) is 14.0. The first-order valence-electron chi connectivity index (χ1n) is 5.91. The molecular weight excluding hydrogens is 289 g/mol. The number of hydrogen-bond acceptors (Lipinski definition) is 2. The van der Waals surface area contributed by atoms with Gasteiger partial charge in [0.1, 0.15) is 5.54 Å². The van der Waals surface area contributed by atoms with Crippen molar-refractivity contribution in [2.24, 2.45) is 0 Å². The molecular formula is C13H13Cl2NO3. The third-order valence-corrected chi connectivity index (χ3v) is 3.90. The average molecular weight is 302 g/mol. The molecule has 1 aromatic rings. The lowest BCUT2D eigenvalue weighted by molar-refractivity contribution is -0.143. The quantitative estimate of drug-likeness (QED) is 0.878. The van der Waals surface area contributed by atoms with Crippen molar-refractivity contribution < 1.29 is 14.7 Å². The highest BCUT2D eigenvalue weighted by Gasteiger charge is 2.51. The first-order valence-corrected chi connectivity index (χ1v) is 6.67. The second-order valence-corrected chi connectivity index (χ2v) is 5.50. The van der Waals surface area contributed by atoms with E-state index >= 15 is 0 Å². The molecule has 0 bridgehead atoms. The summed E-state index contributed by atoms with van der Waals surface area (Å²) in [5, 5.41) is 12.4. The fourth-order valence-corrected chi connectivity index (χ4v) is 2.12. The van der Waals surface area contributed by atoms with Gasteiger partial charge in [0.15, 0.2) is 0 Å². The Labute approximate surface area is 120 Å². The van der Waals surface area contributed by atoms with E-state index < -0.39 is 11.5 Å². The number of nitrogens with one attached hydrogen (secondary N) is 1. The van der Waals surface area contributed by atoms with Gasteiger partial charge in [0.05, 0.1) is 10.0 Å². The van der Waals surface area contributed by atoms with Crippen molar-refractivity contribution in [3.8, 4) is 0 Å². The smallest absolute Gasteiger partial charge is 0.329 e. The lowest BCUT2D eigenvalue weighted by Gasteiger charge is -2.12. The molecule has 102 valence electrons. The van der Waals surface area contributed by atoms with Crippen LogP contribution in [0.5, 0.6) is 0 Å². The molecule has 1 amide bonds. The molecule has 6 heteroatoms. The van der Waals surface area contributed by atoms with Gasteiger partial charge in [-0.2, -0.15) is 0 Å². The summed E-state index contributed by atoms with van der Waals surface area (Å²) in [7, 11) is 0. The molecule has 0 atom stereocenters. The van der Waals surface area contributed by atoms with Crippen LogP contribution in [0.15, 0.2) is 18.2 Å². The third-order valence-electron chi connectivity index (χ3n) is 3.16. The third kappa shape index (κ3) is 3.39. The van der Waals surface area contributed by atoms with Crippen molar-refractivity contribution in [2.75, 3.05) is 0 Å². The fraction of sp³-hybridized carbons (Fsp3) is 0.385. The number of carbonyl (C=O) groups is 2. The predicted octanol–water partition coefficient (Wildman–Crippen LogP) is 2.66. The van der Waals surface area contributed by atoms with E-state index in [1.54, 1.807) is 18.2 Å². The van der Waals surface area contributed by atoms with E-state index in [0.717, 1.165) is 5.56 Å². The number of benzene rings is 1. The molecule has 0 radical (unpaired) electrons. The average Bonchev–Trinajstić information content (AvgIpc) is 3.12. The fourth-order valence-electron chi connectivity index (χ4n) is 1.80. The van der Waals surface area contributed by atoms with Crippen LogP contribution in [0.1, 0.15) is 24.8 Å². The Kier molecular flexibility index (Phi) is 4.02. The Morgan fingerprint density at radius 3 is 2.47 bits per heavy atom. The molecule has 0 unspecified atom stereocenters. The van der Waals surface area contributed by atoms with E-state index in [2.05, 4.69) is 5.32 Å². The number of amides is 1. The first-order chi connectivity index (χ1) is 8.93. The maximum Gasteiger partial charge on any atom is 0.329 e. The van der Waals surface area contributed by atoms with Crippen LogP contribution < -0.4 is 5.32 Å². The van der Waals surface area contributed by atoms with E-state index in [1.165, 1.54) is 0 Å². The minimum atomic E-state index is -1.02. The molecule has 1 aliphatic carbocycles. The molecule has 0 spiro atoms. The Morgan fingerprint density at radius 1 is 1.26 bits per heavy atom. The molecule has 1 fully saturated rings. The maximum absolute atomic E-state index is 11.7. The number of rotatable bonds is 5. The standard InChI is InChI=1S/C13H13Cl2NO3/c14-9-3-1-8(7-10(9)15)2-4-11(17)16-13(5-6-13)12(18)19/h1,3,7H,2,4-6H2,(H,16,17)(H,18,19). The maximum atomic E-state index is 11.7. The van der Waals surface area contributed by atoms with Gasteiger partial charge in [0, 0.05) is 6.42 Å². The van der Waals surface area contributed by atoms with Crippen LogP contribution in [0.4, 0.5) is 0 Å². The zero-order valence-corrected chi connectivity index (χ0v) is 11.6. The zero-order valence-electron chi connectivity index (χ0n) is 10.1. The lowest BCUT2D eigenvalue weighted by Crippen LogP contribution is -2.43. The van der Waals surface area contributed by atoms with Crippen molar-refractivity contribution in [1.82, 2.24) is 5.32 Å². The topological polar surface area (TPSA) is 66.4 Å². The normalized spacial score (nSPS) is 15.9. The van der Waals surface area contributed by atoms with Gasteiger partial charge in [0.2, 0.25) is 5.91 Å². The summed E-state index contributed by atoms with van der Waals surface area (Å²) >= 11 is 11.7. The van der Waals surface area contributed by atoms with Crippen LogP contribution in [0.2, 0.25) is 10.0 Å². The molecule has 2 N–H and O–H groups in total. The van der Waals surface area contributed by atoms with Gasteiger partial charge < -0.3 is 10.4 Å². The number of hydrogen-bond donors (Lipinski definition) is 2. The predicted molar refractivity (Wildman–Crippen MR) is 72.5 cm³/mol.